The molecule has 4 N–H and O–H groups in total. The van der Waals surface area contributed by atoms with Crippen LogP contribution < -0.4 is 0 Å². The predicted molar refractivity (Wildman–Crippen MR) is 128 cm³/mol. The van der Waals surface area contributed by atoms with Gasteiger partial charge in [-0.25, -0.2) is 4.79 Å². The van der Waals surface area contributed by atoms with Crippen LogP contribution in [-0.2, 0) is 28.5 Å². The number of rotatable bonds is 5. The highest BCUT2D eigenvalue weighted by Gasteiger charge is 2.66. The zero-order valence-electron chi connectivity index (χ0n) is 21.7. The SMILES string of the molecule is COC(=O)C1=CCC[C@H]2[C@]3(C)C[C@@H](c4ccoc4)OC(=O)[C@@H]3C[C@H](O[C@H]3O[C@@H](CO)[C@H](O)[C@@H](O)[C@@H]3O)[C@@]12C. The Morgan fingerprint density at radius 3 is 2.61 bits per heavy atom. The summed E-state index contributed by atoms with van der Waals surface area (Å²) < 4.78 is 28.2. The molecule has 3 fully saturated rings. The highest BCUT2D eigenvalue weighted by atomic mass is 16.7. The van der Waals surface area contributed by atoms with E-state index < -0.39 is 72.2 Å². The summed E-state index contributed by atoms with van der Waals surface area (Å²) >= 11 is 0. The van der Waals surface area contributed by atoms with Crippen molar-refractivity contribution in [3.63, 3.8) is 0 Å². The summed E-state index contributed by atoms with van der Waals surface area (Å²) in [6, 6.07) is 1.77. The molecule has 3 heterocycles. The Morgan fingerprint density at radius 2 is 1.95 bits per heavy atom. The number of allylic oxidation sites excluding steroid dienone is 1. The average molecular weight is 537 g/mol. The maximum atomic E-state index is 13.5. The summed E-state index contributed by atoms with van der Waals surface area (Å²) in [7, 11) is 1.31. The summed E-state index contributed by atoms with van der Waals surface area (Å²) in [6.07, 6.45) is -1.81. The third kappa shape index (κ3) is 4.11. The smallest absolute Gasteiger partial charge is 0.334 e. The molecule has 2 aliphatic carbocycles. The van der Waals surface area contributed by atoms with Crippen molar-refractivity contribution in [2.75, 3.05) is 13.7 Å². The number of carbonyl (C=O) groups is 2. The summed E-state index contributed by atoms with van der Waals surface area (Å²) in [5, 5.41) is 40.8. The number of hydrogen-bond acceptors (Lipinski definition) is 11. The van der Waals surface area contributed by atoms with E-state index in [0.717, 1.165) is 5.56 Å². The lowest BCUT2D eigenvalue weighted by Gasteiger charge is -2.62. The third-order valence-electron chi connectivity index (χ3n) is 9.45. The van der Waals surface area contributed by atoms with Crippen LogP contribution in [0.1, 0.15) is 51.2 Å². The fourth-order valence-electron chi connectivity index (χ4n) is 7.39. The Balaban J connectivity index is 1.54. The van der Waals surface area contributed by atoms with Crippen molar-refractivity contribution in [2.45, 2.75) is 82.4 Å². The van der Waals surface area contributed by atoms with E-state index in [4.69, 9.17) is 23.4 Å². The van der Waals surface area contributed by atoms with Crippen molar-refractivity contribution in [1.82, 2.24) is 0 Å². The first-order chi connectivity index (χ1) is 18.1. The molecule has 2 aliphatic heterocycles. The maximum absolute atomic E-state index is 13.5. The van der Waals surface area contributed by atoms with Crippen LogP contribution in [0.25, 0.3) is 0 Å². The van der Waals surface area contributed by atoms with Gasteiger partial charge in [0.15, 0.2) is 6.29 Å². The van der Waals surface area contributed by atoms with Gasteiger partial charge in [-0.1, -0.05) is 19.9 Å². The molecule has 0 aromatic carbocycles. The fourth-order valence-corrected chi connectivity index (χ4v) is 7.39. The number of cyclic esters (lactones) is 1. The summed E-state index contributed by atoms with van der Waals surface area (Å²) in [4.78, 5) is 26.5. The quantitative estimate of drug-likeness (QED) is 0.397. The molecule has 2 saturated heterocycles. The number of aliphatic hydroxyl groups is 4. The van der Waals surface area contributed by atoms with Gasteiger partial charge in [-0.05, 0) is 43.1 Å². The van der Waals surface area contributed by atoms with Crippen molar-refractivity contribution in [3.8, 4) is 0 Å². The highest BCUT2D eigenvalue weighted by molar-refractivity contribution is 5.90. The Kier molecular flexibility index (Phi) is 7.21. The number of carbonyl (C=O) groups excluding carboxylic acids is 2. The van der Waals surface area contributed by atoms with Crippen molar-refractivity contribution in [1.29, 1.82) is 0 Å². The van der Waals surface area contributed by atoms with Gasteiger partial charge in [0.1, 0.15) is 30.5 Å². The molecule has 0 unspecified atom stereocenters. The molecule has 38 heavy (non-hydrogen) atoms. The van der Waals surface area contributed by atoms with E-state index >= 15 is 0 Å². The fraction of sp³-hybridized carbons (Fsp3) is 0.704. The van der Waals surface area contributed by atoms with Crippen LogP contribution in [0.3, 0.4) is 0 Å². The zero-order valence-corrected chi connectivity index (χ0v) is 21.7. The molecule has 11 heteroatoms. The van der Waals surface area contributed by atoms with Gasteiger partial charge in [0.05, 0.1) is 38.3 Å². The molecule has 5 rings (SSSR count). The molecule has 0 radical (unpaired) electrons. The lowest BCUT2D eigenvalue weighted by atomic mass is 9.44. The molecule has 1 aromatic rings. The van der Waals surface area contributed by atoms with E-state index in [1.165, 1.54) is 13.4 Å². The van der Waals surface area contributed by atoms with E-state index in [0.29, 0.717) is 24.8 Å². The van der Waals surface area contributed by atoms with Gasteiger partial charge in [-0.3, -0.25) is 4.79 Å². The number of esters is 2. The van der Waals surface area contributed by atoms with Gasteiger partial charge in [-0.15, -0.1) is 0 Å². The second-order valence-corrected chi connectivity index (χ2v) is 11.3. The van der Waals surface area contributed by atoms with Crippen LogP contribution in [0.2, 0.25) is 0 Å². The minimum absolute atomic E-state index is 0.157. The number of methoxy groups -OCH3 is 1. The first kappa shape index (κ1) is 27.3. The first-order valence-corrected chi connectivity index (χ1v) is 13.0. The lowest BCUT2D eigenvalue weighted by Crippen LogP contribution is -2.65. The Labute approximate surface area is 220 Å². The first-order valence-electron chi connectivity index (χ1n) is 13.0. The molecule has 11 nitrogen and oxygen atoms in total. The van der Waals surface area contributed by atoms with Gasteiger partial charge in [0.2, 0.25) is 0 Å². The monoisotopic (exact) mass is 536 g/mol. The minimum atomic E-state index is -1.62. The van der Waals surface area contributed by atoms with Crippen molar-refractivity contribution >= 4 is 11.9 Å². The standard InChI is InChI=1S/C27H36O11/c1-26-10-16(13-7-8-35-12-13)36-24(33)15(26)9-19(27(2)14(23(32)34-3)5-4-6-18(26)27)38-25-22(31)21(30)20(29)17(11-28)37-25/h5,7-8,12,15-22,25,28-31H,4,6,9-11H2,1-3H3/t15-,16-,17-,18-,19-,20-,21+,22-,25+,26+,27-/m0/s1. The number of hydrogen-bond donors (Lipinski definition) is 4. The lowest BCUT2D eigenvalue weighted by molar-refractivity contribution is -0.329. The third-order valence-corrected chi connectivity index (χ3v) is 9.45. The van der Waals surface area contributed by atoms with Crippen molar-refractivity contribution < 1.29 is 53.4 Å². The van der Waals surface area contributed by atoms with Crippen molar-refractivity contribution in [3.05, 3.63) is 35.8 Å². The molecule has 4 aliphatic rings. The molecule has 0 amide bonds. The van der Waals surface area contributed by atoms with E-state index in [9.17, 15) is 30.0 Å². The van der Waals surface area contributed by atoms with E-state index in [1.54, 1.807) is 12.3 Å². The molecule has 1 saturated carbocycles. The molecular formula is C27H36O11. The predicted octanol–water partition coefficient (Wildman–Crippen LogP) is 0.995. The normalized spacial score (nSPS) is 44.9. The van der Waals surface area contributed by atoms with Gasteiger partial charge in [0, 0.05) is 16.6 Å². The molecular weight excluding hydrogens is 500 g/mol. The second kappa shape index (κ2) is 10.0. The number of aliphatic hydroxyl groups excluding tert-OH is 4. The molecule has 0 spiro atoms. The van der Waals surface area contributed by atoms with Gasteiger partial charge < -0.3 is 43.8 Å². The van der Waals surface area contributed by atoms with Gasteiger partial charge in [0.25, 0.3) is 0 Å². The minimum Gasteiger partial charge on any atom is -0.472 e. The van der Waals surface area contributed by atoms with Crippen LogP contribution in [-0.4, -0.2) is 82.9 Å². The van der Waals surface area contributed by atoms with E-state index in [2.05, 4.69) is 6.92 Å². The zero-order chi connectivity index (χ0) is 27.4. The maximum Gasteiger partial charge on any atom is 0.334 e. The highest BCUT2D eigenvalue weighted by Crippen LogP contribution is 2.65. The molecule has 1 aromatic heterocycles. The van der Waals surface area contributed by atoms with Crippen LogP contribution in [0.4, 0.5) is 0 Å². The largest absolute Gasteiger partial charge is 0.472 e. The Bertz CT molecular complexity index is 1070. The topological polar surface area (TPSA) is 165 Å². The van der Waals surface area contributed by atoms with E-state index in [-0.39, 0.29) is 18.3 Å². The Morgan fingerprint density at radius 1 is 1.18 bits per heavy atom. The second-order valence-electron chi connectivity index (χ2n) is 11.3. The van der Waals surface area contributed by atoms with Crippen LogP contribution in [0.15, 0.2) is 34.7 Å². The van der Waals surface area contributed by atoms with Crippen LogP contribution in [0.5, 0.6) is 0 Å². The van der Waals surface area contributed by atoms with Crippen LogP contribution >= 0.6 is 0 Å². The molecule has 11 atom stereocenters. The van der Waals surface area contributed by atoms with Crippen LogP contribution in [0, 0.1) is 22.7 Å². The number of fused-ring (bicyclic) bond motifs is 3. The molecule has 210 valence electrons. The van der Waals surface area contributed by atoms with E-state index in [1.807, 2.05) is 13.0 Å². The Hall–Kier alpha value is -2.28. The average Bonchev–Trinajstić information content (AvgIpc) is 3.44. The molecule has 0 bridgehead atoms. The van der Waals surface area contributed by atoms with Crippen molar-refractivity contribution in [2.24, 2.45) is 22.7 Å². The number of ether oxygens (including phenoxy) is 4. The number of furan rings is 1. The summed E-state index contributed by atoms with van der Waals surface area (Å²) in [5.41, 5.74) is -0.341. The van der Waals surface area contributed by atoms with Gasteiger partial charge in [-0.2, -0.15) is 0 Å². The summed E-state index contributed by atoms with van der Waals surface area (Å²) in [6.45, 7) is 3.35. The summed E-state index contributed by atoms with van der Waals surface area (Å²) in [5.74, 6) is -1.68. The van der Waals surface area contributed by atoms with Gasteiger partial charge >= 0.3 is 11.9 Å².